The number of nitrogens with zero attached hydrogens (tertiary/aromatic N) is 2. The maximum absolute atomic E-state index is 4.65. The van der Waals surface area contributed by atoms with Crippen LogP contribution in [0.25, 0.3) is 44.1 Å². The minimum atomic E-state index is 0. The van der Waals surface area contributed by atoms with E-state index >= 15 is 0 Å². The normalized spacial score (nSPS) is 10.4. The largest absolute Gasteiger partial charge is 0.305 e. The van der Waals surface area contributed by atoms with E-state index in [-0.39, 0.29) is 20.1 Å². The molecule has 2 aromatic heterocycles. The topological polar surface area (TPSA) is 25.8 Å². The van der Waals surface area contributed by atoms with E-state index in [9.17, 15) is 0 Å². The Morgan fingerprint density at radius 2 is 1.44 bits per heavy atom. The summed E-state index contributed by atoms with van der Waals surface area (Å²) in [5, 5.41) is 4.99. The van der Waals surface area contributed by atoms with E-state index in [1.807, 2.05) is 48.7 Å². The molecule has 2 nitrogen and oxygen atoms in total. The van der Waals surface area contributed by atoms with Crippen molar-refractivity contribution in [2.24, 2.45) is 0 Å². The van der Waals surface area contributed by atoms with Crippen LogP contribution < -0.4 is 0 Å². The molecule has 0 bridgehead atoms. The van der Waals surface area contributed by atoms with Crippen LogP contribution in [0, 0.1) is 32.9 Å². The maximum Gasteiger partial charge on any atom is 0.0167 e. The molecule has 6 rings (SSSR count). The van der Waals surface area contributed by atoms with Crippen molar-refractivity contribution in [3.05, 3.63) is 132 Å². The number of hydrogen-bond acceptors (Lipinski definition) is 2. The van der Waals surface area contributed by atoms with Gasteiger partial charge in [-0.2, -0.15) is 0 Å². The molecule has 3 heteroatoms. The molecule has 0 atom stereocenters. The minimum absolute atomic E-state index is 0. The maximum atomic E-state index is 4.65. The molecule has 0 amide bonds. The molecule has 4 aromatic carbocycles. The van der Waals surface area contributed by atoms with Crippen LogP contribution in [0.15, 0.2) is 103 Å². The molecule has 179 valence electrons. The first-order chi connectivity index (χ1) is 17.1. The molecule has 36 heavy (non-hydrogen) atoms. The third-order valence-corrected chi connectivity index (χ3v) is 5.97. The summed E-state index contributed by atoms with van der Waals surface area (Å²) in [5.74, 6) is 0. The van der Waals surface area contributed by atoms with Gasteiger partial charge in [0.05, 0.1) is 0 Å². The Kier molecular flexibility index (Phi) is 8.05. The van der Waals surface area contributed by atoms with Gasteiger partial charge in [-0.1, -0.05) is 61.9 Å². The van der Waals surface area contributed by atoms with Crippen LogP contribution >= 0.6 is 0 Å². The van der Waals surface area contributed by atoms with Gasteiger partial charge in [-0.15, -0.1) is 70.8 Å². The van der Waals surface area contributed by atoms with E-state index in [0.717, 1.165) is 28.1 Å². The van der Waals surface area contributed by atoms with Crippen molar-refractivity contribution < 1.29 is 20.1 Å². The van der Waals surface area contributed by atoms with Gasteiger partial charge in [0, 0.05) is 32.5 Å². The molecule has 6 aromatic rings. The Labute approximate surface area is 226 Å². The Bertz CT molecular complexity index is 1550. The van der Waals surface area contributed by atoms with Gasteiger partial charge in [-0.3, -0.25) is 0 Å². The van der Waals surface area contributed by atoms with Gasteiger partial charge in [0.25, 0.3) is 0 Å². The molecule has 0 saturated heterocycles. The van der Waals surface area contributed by atoms with E-state index in [0.29, 0.717) is 0 Å². The molecule has 0 unspecified atom stereocenters. The van der Waals surface area contributed by atoms with Gasteiger partial charge in [-0.05, 0) is 52.0 Å². The van der Waals surface area contributed by atoms with E-state index in [1.165, 1.54) is 32.7 Å². The van der Waals surface area contributed by atoms with Crippen LogP contribution in [0.4, 0.5) is 0 Å². The van der Waals surface area contributed by atoms with Crippen LogP contribution in [0.3, 0.4) is 0 Å². The fraction of sp³-hybridized carbons (Fsp3) is 0.0909. The van der Waals surface area contributed by atoms with Gasteiger partial charge >= 0.3 is 0 Å². The predicted molar refractivity (Wildman–Crippen MR) is 146 cm³/mol. The summed E-state index contributed by atoms with van der Waals surface area (Å²) in [4.78, 5) is 8.87. The molecular weight excluding hydrogens is 617 g/mol. The number of hydrogen-bond donors (Lipinski definition) is 0. The second-order valence-corrected chi connectivity index (χ2v) is 8.79. The first-order valence-electron chi connectivity index (χ1n) is 11.8. The number of benzene rings is 4. The summed E-state index contributed by atoms with van der Waals surface area (Å²) < 4.78 is 0. The smallest absolute Gasteiger partial charge is 0.0167 e. The van der Waals surface area contributed by atoms with Crippen molar-refractivity contribution in [1.82, 2.24) is 9.97 Å². The van der Waals surface area contributed by atoms with E-state index in [2.05, 4.69) is 91.4 Å². The van der Waals surface area contributed by atoms with Crippen molar-refractivity contribution in [2.45, 2.75) is 20.8 Å². The van der Waals surface area contributed by atoms with Gasteiger partial charge in [0.2, 0.25) is 0 Å². The summed E-state index contributed by atoms with van der Waals surface area (Å²) in [6.07, 6.45) is 3.69. The van der Waals surface area contributed by atoms with Gasteiger partial charge in [-0.25, -0.2) is 0 Å². The van der Waals surface area contributed by atoms with Crippen molar-refractivity contribution in [3.63, 3.8) is 0 Å². The predicted octanol–water partition coefficient (Wildman–Crippen LogP) is 8.33. The summed E-state index contributed by atoms with van der Waals surface area (Å²) in [5.41, 5.74) is 7.77. The Balaban J connectivity index is 0.000000198. The number of aromatic nitrogens is 2. The van der Waals surface area contributed by atoms with E-state index in [4.69, 9.17) is 0 Å². The minimum Gasteiger partial charge on any atom is -0.305 e. The molecule has 0 aliphatic heterocycles. The van der Waals surface area contributed by atoms with Crippen molar-refractivity contribution >= 4 is 21.5 Å². The second kappa shape index (κ2) is 11.4. The molecule has 2 heterocycles. The number of aryl methyl sites for hydroxylation is 3. The van der Waals surface area contributed by atoms with Crippen LogP contribution in [0.1, 0.15) is 16.7 Å². The van der Waals surface area contributed by atoms with E-state index < -0.39 is 0 Å². The molecule has 0 saturated carbocycles. The molecule has 1 radical (unpaired) electrons. The van der Waals surface area contributed by atoms with Gasteiger partial charge < -0.3 is 9.97 Å². The first-order valence-corrected chi connectivity index (χ1v) is 11.8. The first kappa shape index (κ1) is 25.4. The summed E-state index contributed by atoms with van der Waals surface area (Å²) in [6, 6.07) is 37.7. The summed E-state index contributed by atoms with van der Waals surface area (Å²) >= 11 is 0. The third-order valence-electron chi connectivity index (χ3n) is 5.97. The monoisotopic (exact) mass is 643 g/mol. The zero-order valence-electron chi connectivity index (χ0n) is 20.5. The van der Waals surface area contributed by atoms with E-state index in [1.54, 1.807) is 6.20 Å². The van der Waals surface area contributed by atoms with Gasteiger partial charge in [0.1, 0.15) is 0 Å². The zero-order valence-corrected chi connectivity index (χ0v) is 22.9. The Hall–Kier alpha value is -3.65. The molecule has 0 N–H and O–H groups in total. The quantitative estimate of drug-likeness (QED) is 0.140. The molecule has 0 spiro atoms. The zero-order chi connectivity index (χ0) is 24.2. The van der Waals surface area contributed by atoms with Crippen LogP contribution in [0.2, 0.25) is 0 Å². The van der Waals surface area contributed by atoms with Crippen LogP contribution in [-0.2, 0) is 20.1 Å². The molecule has 0 aliphatic rings. The average molecular weight is 643 g/mol. The number of fused-ring (bicyclic) bond motifs is 3. The third kappa shape index (κ3) is 5.60. The van der Waals surface area contributed by atoms with Crippen molar-refractivity contribution in [2.75, 3.05) is 0 Å². The van der Waals surface area contributed by atoms with Gasteiger partial charge in [0.15, 0.2) is 0 Å². The standard InChI is InChI=1S/C22H18N.C11H8N.Ir/c1-14-4-6-19-17(11-14)5-7-21-20(19)8-9-23-22(21)18-12-15(2)10-16(3)13-18;1-2-6-10(7-3-1)11-8-4-5-9-12-11;/h4-12H,1-3H3;1-6,8-9H;/q2*-1;. The Morgan fingerprint density at radius 1 is 0.611 bits per heavy atom. The second-order valence-electron chi connectivity index (χ2n) is 8.79. The fourth-order valence-corrected chi connectivity index (χ4v) is 4.43. The summed E-state index contributed by atoms with van der Waals surface area (Å²) in [6.45, 7) is 6.33. The molecule has 0 aliphatic carbocycles. The Morgan fingerprint density at radius 3 is 2.19 bits per heavy atom. The fourth-order valence-electron chi connectivity index (χ4n) is 4.43. The van der Waals surface area contributed by atoms with Crippen molar-refractivity contribution in [1.29, 1.82) is 0 Å². The molecule has 0 fully saturated rings. The van der Waals surface area contributed by atoms with Crippen LogP contribution in [0.5, 0.6) is 0 Å². The van der Waals surface area contributed by atoms with Crippen LogP contribution in [-0.4, -0.2) is 9.97 Å². The van der Waals surface area contributed by atoms with Crippen molar-refractivity contribution in [3.8, 4) is 22.5 Å². The molecular formula is C33H26IrN2-2. The number of pyridine rings is 2. The summed E-state index contributed by atoms with van der Waals surface area (Å²) in [7, 11) is 0. The average Bonchev–Trinajstić information content (AvgIpc) is 2.89. The number of rotatable bonds is 2. The SMILES string of the molecule is Cc1[c-]c(-c2nccc3c2ccc2cc(C)ccc23)cc(C)c1.[Ir].[c-]1ccccc1-c1ccccn1.